The third-order valence-electron chi connectivity index (χ3n) is 16.9. The van der Waals surface area contributed by atoms with Crippen molar-refractivity contribution in [3.8, 4) is 0 Å². The molecule has 0 amide bonds. The molecule has 5 aromatic carbocycles. The van der Waals surface area contributed by atoms with Crippen molar-refractivity contribution in [2.45, 2.75) is 188 Å². The molecule has 62 heavy (non-hydrogen) atoms. The lowest BCUT2D eigenvalue weighted by Crippen LogP contribution is -2.62. The minimum Gasteiger partial charge on any atom is -0.311 e. The fraction of sp³-hybridized carbons (Fsp3) is 0.492. The van der Waals surface area contributed by atoms with E-state index in [-0.39, 0.29) is 44.6 Å². The minimum absolute atomic E-state index is 0.000731. The second kappa shape index (κ2) is 12.7. The lowest BCUT2D eigenvalue weighted by Gasteiger charge is -2.48. The molecular formula is C59H73BN2. The van der Waals surface area contributed by atoms with Crippen LogP contribution in [0.15, 0.2) is 72.8 Å². The predicted molar refractivity (Wildman–Crippen MR) is 270 cm³/mol. The molecule has 2 nitrogen and oxygen atoms in total. The monoisotopic (exact) mass is 824 g/mol. The molecule has 0 bridgehead atoms. The summed E-state index contributed by atoms with van der Waals surface area (Å²) in [4.78, 5) is 4.96. The van der Waals surface area contributed by atoms with Gasteiger partial charge in [-0.25, -0.2) is 0 Å². The lowest BCUT2D eigenvalue weighted by molar-refractivity contribution is 0.332. The van der Waals surface area contributed by atoms with Crippen LogP contribution in [-0.4, -0.2) is 6.71 Å². The second-order valence-electron chi connectivity index (χ2n) is 25.4. The molecule has 3 aliphatic carbocycles. The molecule has 0 spiro atoms. The Morgan fingerprint density at radius 3 is 1.58 bits per heavy atom. The van der Waals surface area contributed by atoms with Gasteiger partial charge in [-0.3, -0.25) is 0 Å². The highest BCUT2D eigenvalue weighted by Crippen LogP contribution is 2.55. The van der Waals surface area contributed by atoms with Crippen molar-refractivity contribution in [2.24, 2.45) is 0 Å². The Kier molecular flexibility index (Phi) is 7.85. The smallest absolute Gasteiger partial charge is 0.252 e. The van der Waals surface area contributed by atoms with Gasteiger partial charge in [-0.15, -0.1) is 0 Å². The molecule has 322 valence electrons. The average molecular weight is 824 g/mol. The number of fused-ring (bicyclic) bond motifs is 7. The van der Waals surface area contributed by atoms with Crippen LogP contribution in [0.25, 0.3) is 0 Å². The maximum absolute atomic E-state index is 9.13. The van der Waals surface area contributed by atoms with Gasteiger partial charge in [0, 0.05) is 38.2 Å². The molecule has 5 aliphatic rings. The first-order valence-corrected chi connectivity index (χ1v) is 23.8. The standard InChI is InChI=1S/C59H73BN2/c1-35-26-50-52-51(27-35)62(48-32-44-40(28-36(48)2)58(14,15)34-59(44,16)17)47-21-18-37(53(3,4)5)29-45(47)60(52)46-31-42-43(57(12,13)25-24-56(42,10)11)33-49(46)61(50)38-19-20-39-41(30-38)55(8,9)23-22-54(39,6)7/h18-21,26-33H,22-25,34H2,1-17H3/i1D3. The van der Waals surface area contributed by atoms with Gasteiger partial charge in [0.1, 0.15) is 0 Å². The molecule has 0 radical (unpaired) electrons. The molecule has 0 unspecified atom stereocenters. The van der Waals surface area contributed by atoms with Crippen LogP contribution < -0.4 is 26.2 Å². The first kappa shape index (κ1) is 38.2. The van der Waals surface area contributed by atoms with Gasteiger partial charge in [0.05, 0.1) is 0 Å². The van der Waals surface area contributed by atoms with Crippen LogP contribution >= 0.6 is 0 Å². The summed E-state index contributed by atoms with van der Waals surface area (Å²) in [5, 5.41) is 0. The van der Waals surface area contributed by atoms with Gasteiger partial charge in [0.2, 0.25) is 0 Å². The first-order valence-electron chi connectivity index (χ1n) is 25.3. The number of aryl methyl sites for hydroxylation is 2. The van der Waals surface area contributed by atoms with E-state index in [0.29, 0.717) is 5.56 Å². The van der Waals surface area contributed by atoms with E-state index in [9.17, 15) is 0 Å². The van der Waals surface area contributed by atoms with E-state index in [0.717, 1.165) is 60.5 Å². The lowest BCUT2D eigenvalue weighted by atomic mass is 9.33. The van der Waals surface area contributed by atoms with E-state index < -0.39 is 6.85 Å². The maximum atomic E-state index is 9.13. The fourth-order valence-electron chi connectivity index (χ4n) is 13.1. The predicted octanol–water partition coefficient (Wildman–Crippen LogP) is 14.3. The Hall–Kier alpha value is -4.24. The molecule has 10 rings (SSSR count). The van der Waals surface area contributed by atoms with E-state index in [4.69, 9.17) is 4.11 Å². The van der Waals surface area contributed by atoms with Crippen molar-refractivity contribution in [3.63, 3.8) is 0 Å². The molecule has 2 aliphatic heterocycles. The Balaban J connectivity index is 1.37. The molecule has 0 saturated heterocycles. The normalized spacial score (nSPS) is 22.3. The Morgan fingerprint density at radius 2 is 0.984 bits per heavy atom. The number of hydrogen-bond acceptors (Lipinski definition) is 2. The Morgan fingerprint density at radius 1 is 0.484 bits per heavy atom. The van der Waals surface area contributed by atoms with Crippen molar-refractivity contribution in [1.82, 2.24) is 0 Å². The maximum Gasteiger partial charge on any atom is 0.252 e. The molecule has 0 saturated carbocycles. The zero-order valence-corrected chi connectivity index (χ0v) is 40.9. The van der Waals surface area contributed by atoms with Crippen molar-refractivity contribution in [3.05, 3.63) is 123 Å². The largest absolute Gasteiger partial charge is 0.311 e. The molecule has 0 fully saturated rings. The SMILES string of the molecule is [2H]C([2H])([2H])c1cc2c3c(c1)N(c1cc4c(cc1C)C(C)(C)CC4(C)C)c1ccc(C(C)(C)C)cc1B3c1cc3c(cc1N2c1ccc2c(c1)C(C)(C)CCC2(C)C)C(C)(C)CCC3(C)C. The van der Waals surface area contributed by atoms with Crippen molar-refractivity contribution in [2.75, 3.05) is 9.80 Å². The van der Waals surface area contributed by atoms with Crippen LogP contribution in [0.1, 0.15) is 190 Å². The topological polar surface area (TPSA) is 6.48 Å². The fourth-order valence-corrected chi connectivity index (χ4v) is 13.1. The van der Waals surface area contributed by atoms with E-state index in [2.05, 4.69) is 181 Å². The highest BCUT2D eigenvalue weighted by Gasteiger charge is 2.49. The number of nitrogens with zero attached hydrogens (tertiary/aromatic N) is 2. The highest BCUT2D eigenvalue weighted by molar-refractivity contribution is 7.00. The molecular weight excluding hydrogens is 747 g/mol. The summed E-state index contributed by atoms with van der Waals surface area (Å²) in [5.41, 5.74) is 21.7. The quantitative estimate of drug-likeness (QED) is 0.160. The summed E-state index contributed by atoms with van der Waals surface area (Å²) in [7, 11) is 0. The number of rotatable bonds is 2. The molecule has 2 heterocycles. The van der Waals surface area contributed by atoms with Gasteiger partial charge in [0.15, 0.2) is 0 Å². The zero-order chi connectivity index (χ0) is 47.1. The van der Waals surface area contributed by atoms with Crippen LogP contribution in [0.5, 0.6) is 0 Å². The van der Waals surface area contributed by atoms with Gasteiger partial charge < -0.3 is 9.80 Å². The summed E-state index contributed by atoms with van der Waals surface area (Å²) in [5.74, 6) is 0. The Bertz CT molecular complexity index is 2860. The van der Waals surface area contributed by atoms with Gasteiger partial charge in [-0.2, -0.15) is 0 Å². The van der Waals surface area contributed by atoms with Gasteiger partial charge in [0.25, 0.3) is 6.71 Å². The molecule has 0 aromatic heterocycles. The highest BCUT2D eigenvalue weighted by atomic mass is 15.2. The van der Waals surface area contributed by atoms with Gasteiger partial charge >= 0.3 is 0 Å². The van der Waals surface area contributed by atoms with Gasteiger partial charge in [-0.05, 0) is 193 Å². The minimum atomic E-state index is -2.34. The summed E-state index contributed by atoms with van der Waals surface area (Å²) >= 11 is 0. The molecule has 5 aromatic rings. The van der Waals surface area contributed by atoms with Crippen molar-refractivity contribution >= 4 is 57.2 Å². The molecule has 3 heteroatoms. The van der Waals surface area contributed by atoms with E-state index in [1.807, 2.05) is 12.1 Å². The van der Waals surface area contributed by atoms with Crippen molar-refractivity contribution in [1.29, 1.82) is 0 Å². The van der Waals surface area contributed by atoms with Crippen LogP contribution in [0.2, 0.25) is 0 Å². The summed E-state index contributed by atoms with van der Waals surface area (Å²) in [6.45, 7) is 35.7. The third kappa shape index (κ3) is 5.94. The van der Waals surface area contributed by atoms with Crippen LogP contribution in [0.3, 0.4) is 0 Å². The first-order chi connectivity index (χ1) is 29.8. The second-order valence-corrected chi connectivity index (χ2v) is 25.4. The third-order valence-corrected chi connectivity index (χ3v) is 16.9. The number of anilines is 6. The Labute approximate surface area is 380 Å². The molecule has 0 atom stereocenters. The summed E-state index contributed by atoms with van der Waals surface area (Å²) in [6.07, 6.45) is 5.58. The van der Waals surface area contributed by atoms with Crippen LogP contribution in [0.4, 0.5) is 34.1 Å². The average Bonchev–Trinajstić information content (AvgIpc) is 3.37. The number of benzene rings is 5. The van der Waals surface area contributed by atoms with Crippen LogP contribution in [-0.2, 0) is 37.9 Å². The van der Waals surface area contributed by atoms with E-state index in [1.54, 1.807) is 0 Å². The summed E-state index contributed by atoms with van der Waals surface area (Å²) in [6, 6.07) is 28.5. The zero-order valence-electron chi connectivity index (χ0n) is 43.9. The van der Waals surface area contributed by atoms with E-state index >= 15 is 0 Å². The van der Waals surface area contributed by atoms with E-state index in [1.165, 1.54) is 66.6 Å². The van der Waals surface area contributed by atoms with Gasteiger partial charge in [-0.1, -0.05) is 134 Å². The van der Waals surface area contributed by atoms with Crippen molar-refractivity contribution < 1.29 is 4.11 Å². The summed E-state index contributed by atoms with van der Waals surface area (Å²) < 4.78 is 27.4. The number of hydrogen-bond donors (Lipinski definition) is 0. The van der Waals surface area contributed by atoms with Crippen LogP contribution in [0, 0.1) is 13.8 Å². The molecule has 0 N–H and O–H groups in total.